The third-order valence-corrected chi connectivity index (χ3v) is 5.93. The summed E-state index contributed by atoms with van der Waals surface area (Å²) in [7, 11) is -3.95. The largest absolute Gasteiger partial charge is 0.372 e. The molecule has 0 bridgehead atoms. The number of hydrogen-bond donors (Lipinski definition) is 0. The molecule has 0 unspecified atom stereocenters. The molecule has 1 saturated heterocycles. The Hall–Kier alpha value is -2.85. The molecule has 5 nitrogen and oxygen atoms in total. The summed E-state index contributed by atoms with van der Waals surface area (Å²) < 4.78 is 38.2. The highest BCUT2D eigenvalue weighted by atomic mass is 32.2. The fraction of sp³-hybridized carbons (Fsp3) is 0.211. The highest BCUT2D eigenvalue weighted by Crippen LogP contribution is 2.21. The number of rotatable bonds is 4. The van der Waals surface area contributed by atoms with Crippen molar-refractivity contribution in [2.45, 2.75) is 4.90 Å². The average Bonchev–Trinajstić information content (AvgIpc) is 2.67. The molecule has 7 heteroatoms. The van der Waals surface area contributed by atoms with Crippen LogP contribution in [0.1, 0.15) is 0 Å². The summed E-state index contributed by atoms with van der Waals surface area (Å²) in [6, 6.07) is 16.2. The van der Waals surface area contributed by atoms with Crippen LogP contribution in [0.3, 0.4) is 0 Å². The number of nitrogens with zero attached hydrogens (tertiary/aromatic N) is 3. The van der Waals surface area contributed by atoms with E-state index in [1.165, 1.54) is 18.3 Å². The Balaban J connectivity index is 1.74. The van der Waals surface area contributed by atoms with Gasteiger partial charge in [0, 0.05) is 38.1 Å². The first kappa shape index (κ1) is 18.0. The SMILES string of the molecule is N#CC(=CN1CCN(c2ccccc2)CC1)S(=O)(=O)c1ccc(F)cc1. The zero-order valence-electron chi connectivity index (χ0n) is 14.0. The smallest absolute Gasteiger partial charge is 0.218 e. The number of piperazine rings is 1. The fourth-order valence-electron chi connectivity index (χ4n) is 2.81. The molecular formula is C19H18FN3O2S. The van der Waals surface area contributed by atoms with Gasteiger partial charge in [0.25, 0.3) is 0 Å². The van der Waals surface area contributed by atoms with Crippen molar-refractivity contribution in [1.29, 1.82) is 5.26 Å². The molecule has 0 spiro atoms. The van der Waals surface area contributed by atoms with E-state index in [1.54, 1.807) is 6.07 Å². The van der Waals surface area contributed by atoms with Gasteiger partial charge in [0.15, 0.2) is 4.91 Å². The number of hydrogen-bond acceptors (Lipinski definition) is 5. The maximum Gasteiger partial charge on any atom is 0.218 e. The van der Waals surface area contributed by atoms with Crippen LogP contribution in [-0.2, 0) is 9.84 Å². The van der Waals surface area contributed by atoms with Crippen LogP contribution in [0.5, 0.6) is 0 Å². The molecule has 0 aliphatic carbocycles. The summed E-state index contributed by atoms with van der Waals surface area (Å²) in [5.41, 5.74) is 1.12. The van der Waals surface area contributed by atoms with E-state index in [0.717, 1.165) is 30.9 Å². The zero-order valence-corrected chi connectivity index (χ0v) is 14.9. The lowest BCUT2D eigenvalue weighted by Crippen LogP contribution is -2.44. The van der Waals surface area contributed by atoms with Gasteiger partial charge in [-0.2, -0.15) is 5.26 Å². The van der Waals surface area contributed by atoms with Gasteiger partial charge >= 0.3 is 0 Å². The van der Waals surface area contributed by atoms with Gasteiger partial charge in [-0.05, 0) is 36.4 Å². The molecule has 1 heterocycles. The Kier molecular flexibility index (Phi) is 5.24. The van der Waals surface area contributed by atoms with Crippen LogP contribution in [0, 0.1) is 17.1 Å². The molecule has 0 amide bonds. The molecule has 1 fully saturated rings. The van der Waals surface area contributed by atoms with Crippen molar-refractivity contribution in [2.24, 2.45) is 0 Å². The summed E-state index contributed by atoms with van der Waals surface area (Å²) >= 11 is 0. The van der Waals surface area contributed by atoms with E-state index in [4.69, 9.17) is 0 Å². The summed E-state index contributed by atoms with van der Waals surface area (Å²) in [5.74, 6) is -0.525. The number of benzene rings is 2. The number of sulfone groups is 1. The summed E-state index contributed by atoms with van der Waals surface area (Å²) in [4.78, 5) is 3.62. The summed E-state index contributed by atoms with van der Waals surface area (Å²) in [6.07, 6.45) is 1.39. The van der Waals surface area contributed by atoms with Gasteiger partial charge in [0.1, 0.15) is 11.9 Å². The first-order chi connectivity index (χ1) is 12.5. The van der Waals surface area contributed by atoms with Crippen LogP contribution in [0.25, 0.3) is 0 Å². The molecule has 0 aromatic heterocycles. The lowest BCUT2D eigenvalue weighted by atomic mass is 10.2. The van der Waals surface area contributed by atoms with E-state index in [2.05, 4.69) is 4.90 Å². The van der Waals surface area contributed by atoms with Crippen molar-refractivity contribution < 1.29 is 12.8 Å². The van der Waals surface area contributed by atoms with Gasteiger partial charge in [-0.1, -0.05) is 18.2 Å². The topological polar surface area (TPSA) is 64.4 Å². The molecule has 134 valence electrons. The van der Waals surface area contributed by atoms with Crippen LogP contribution < -0.4 is 4.90 Å². The highest BCUT2D eigenvalue weighted by Gasteiger charge is 2.23. The first-order valence-electron chi connectivity index (χ1n) is 8.17. The third kappa shape index (κ3) is 3.86. The molecule has 0 atom stereocenters. The van der Waals surface area contributed by atoms with Crippen molar-refractivity contribution in [1.82, 2.24) is 4.90 Å². The Morgan fingerprint density at radius 2 is 1.62 bits per heavy atom. The third-order valence-electron chi connectivity index (χ3n) is 4.26. The highest BCUT2D eigenvalue weighted by molar-refractivity contribution is 7.95. The monoisotopic (exact) mass is 371 g/mol. The normalized spacial score (nSPS) is 15.6. The molecule has 3 rings (SSSR count). The molecule has 0 radical (unpaired) electrons. The van der Waals surface area contributed by atoms with Crippen molar-refractivity contribution in [3.8, 4) is 6.07 Å². The number of anilines is 1. The van der Waals surface area contributed by atoms with Gasteiger partial charge in [-0.3, -0.25) is 0 Å². The molecular weight excluding hydrogens is 353 g/mol. The quantitative estimate of drug-likeness (QED) is 0.611. The molecule has 0 N–H and O–H groups in total. The van der Waals surface area contributed by atoms with E-state index >= 15 is 0 Å². The average molecular weight is 371 g/mol. The second-order valence-electron chi connectivity index (χ2n) is 5.92. The molecule has 0 saturated carbocycles. The van der Waals surface area contributed by atoms with Crippen LogP contribution in [0.15, 0.2) is 70.6 Å². The van der Waals surface area contributed by atoms with Crippen LogP contribution >= 0.6 is 0 Å². The molecule has 2 aromatic rings. The number of allylic oxidation sites excluding steroid dienone is 1. The Bertz CT molecular complexity index is 927. The van der Waals surface area contributed by atoms with Gasteiger partial charge in [0.05, 0.1) is 4.90 Å². The predicted molar refractivity (Wildman–Crippen MR) is 97.5 cm³/mol. The van der Waals surface area contributed by atoms with Crippen molar-refractivity contribution >= 4 is 15.5 Å². The zero-order chi connectivity index (χ0) is 18.6. The number of nitriles is 1. The Labute approximate surface area is 152 Å². The van der Waals surface area contributed by atoms with Gasteiger partial charge in [0.2, 0.25) is 9.84 Å². The maximum atomic E-state index is 13.0. The van der Waals surface area contributed by atoms with Gasteiger partial charge in [-0.15, -0.1) is 0 Å². The molecule has 2 aromatic carbocycles. The second-order valence-corrected chi connectivity index (χ2v) is 7.84. The second kappa shape index (κ2) is 7.58. The van der Waals surface area contributed by atoms with Gasteiger partial charge in [-0.25, -0.2) is 12.8 Å². The van der Waals surface area contributed by atoms with Crippen LogP contribution in [0.4, 0.5) is 10.1 Å². The van der Waals surface area contributed by atoms with Crippen LogP contribution in [-0.4, -0.2) is 39.5 Å². The van der Waals surface area contributed by atoms with E-state index in [9.17, 15) is 18.1 Å². The van der Waals surface area contributed by atoms with E-state index in [1.807, 2.05) is 35.2 Å². The Morgan fingerprint density at radius 3 is 2.19 bits per heavy atom. The maximum absolute atomic E-state index is 13.0. The van der Waals surface area contributed by atoms with Gasteiger partial charge < -0.3 is 9.80 Å². The van der Waals surface area contributed by atoms with Crippen molar-refractivity contribution in [2.75, 3.05) is 31.1 Å². The predicted octanol–water partition coefficient (Wildman–Crippen LogP) is 2.79. The first-order valence-corrected chi connectivity index (χ1v) is 9.65. The lowest BCUT2D eigenvalue weighted by molar-refractivity contribution is 0.348. The van der Waals surface area contributed by atoms with Crippen molar-refractivity contribution in [3.05, 3.63) is 71.5 Å². The molecule has 1 aliphatic rings. The number of halogens is 1. The van der Waals surface area contributed by atoms with E-state index < -0.39 is 15.7 Å². The van der Waals surface area contributed by atoms with E-state index in [0.29, 0.717) is 13.1 Å². The molecule has 26 heavy (non-hydrogen) atoms. The van der Waals surface area contributed by atoms with Crippen molar-refractivity contribution in [3.63, 3.8) is 0 Å². The minimum atomic E-state index is -3.95. The summed E-state index contributed by atoms with van der Waals surface area (Å²) in [6.45, 7) is 2.68. The Morgan fingerprint density at radius 1 is 1.00 bits per heavy atom. The van der Waals surface area contributed by atoms with E-state index in [-0.39, 0.29) is 9.80 Å². The molecule has 1 aliphatic heterocycles. The minimum absolute atomic E-state index is 0.0883. The summed E-state index contributed by atoms with van der Waals surface area (Å²) in [5, 5.41) is 9.33. The fourth-order valence-corrected chi connectivity index (χ4v) is 3.97. The standard InChI is InChI=1S/C19H18FN3O2S/c20-16-6-8-18(9-7-16)26(24,25)19(14-21)15-22-10-12-23(13-11-22)17-4-2-1-3-5-17/h1-9,15H,10-13H2. The minimum Gasteiger partial charge on any atom is -0.372 e. The number of para-hydroxylation sites is 1. The lowest BCUT2D eigenvalue weighted by Gasteiger charge is -2.35. The van der Waals surface area contributed by atoms with Crippen LogP contribution in [0.2, 0.25) is 0 Å².